The number of carbonyl (C=O) groups is 1. The normalized spacial score (nSPS) is 11.5. The predicted molar refractivity (Wildman–Crippen MR) is 101 cm³/mol. The van der Waals surface area contributed by atoms with Crippen LogP contribution in [0.15, 0.2) is 35.9 Å². The van der Waals surface area contributed by atoms with Crippen LogP contribution in [0.25, 0.3) is 10.8 Å². The number of fused-ring (bicyclic) bond motifs is 1. The fraction of sp³-hybridized carbons (Fsp3) is 0.381. The number of benzene rings is 2. The second kappa shape index (κ2) is 8.56. The molecule has 0 saturated heterocycles. The number of rotatable bonds is 7. The molecule has 0 N–H and O–H groups in total. The van der Waals surface area contributed by atoms with Crippen LogP contribution in [-0.2, 0) is 16.0 Å². The number of hydrogen-bond donors (Lipinski definition) is 0. The molecule has 0 unspecified atom stereocenters. The van der Waals surface area contributed by atoms with Crippen LogP contribution in [-0.4, -0.2) is 26.8 Å². The predicted octanol–water partition coefficient (Wildman–Crippen LogP) is 4.61. The van der Waals surface area contributed by atoms with Gasteiger partial charge in [0.1, 0.15) is 11.5 Å². The fourth-order valence-corrected chi connectivity index (χ4v) is 2.94. The average Bonchev–Trinajstić information content (AvgIpc) is 2.63. The zero-order valence-corrected chi connectivity index (χ0v) is 15.6. The van der Waals surface area contributed by atoms with Gasteiger partial charge in [-0.15, -0.1) is 0 Å². The van der Waals surface area contributed by atoms with Gasteiger partial charge in [-0.25, -0.2) is 4.79 Å². The number of carbonyl (C=O) groups excluding carboxylic acids is 1. The van der Waals surface area contributed by atoms with Crippen molar-refractivity contribution in [2.75, 3.05) is 20.8 Å². The average molecular weight is 342 g/mol. The van der Waals surface area contributed by atoms with Gasteiger partial charge in [-0.05, 0) is 32.3 Å². The molecule has 0 aliphatic heterocycles. The van der Waals surface area contributed by atoms with Crippen LogP contribution in [0, 0.1) is 6.92 Å². The van der Waals surface area contributed by atoms with E-state index < -0.39 is 0 Å². The van der Waals surface area contributed by atoms with E-state index in [-0.39, 0.29) is 5.97 Å². The molecule has 0 aliphatic carbocycles. The lowest BCUT2D eigenvalue weighted by molar-refractivity contribution is -0.138. The summed E-state index contributed by atoms with van der Waals surface area (Å²) in [5.41, 5.74) is 2.63. The monoisotopic (exact) mass is 342 g/mol. The Bertz CT molecular complexity index is 790. The van der Waals surface area contributed by atoms with Crippen molar-refractivity contribution in [3.63, 3.8) is 0 Å². The smallest absolute Gasteiger partial charge is 0.333 e. The summed E-state index contributed by atoms with van der Waals surface area (Å²) in [7, 11) is 3.34. The van der Waals surface area contributed by atoms with E-state index in [1.165, 1.54) is 0 Å². The summed E-state index contributed by atoms with van der Waals surface area (Å²) in [4.78, 5) is 12.0. The molecule has 0 aromatic heterocycles. The third kappa shape index (κ3) is 3.95. The van der Waals surface area contributed by atoms with Gasteiger partial charge in [0, 0.05) is 21.9 Å². The van der Waals surface area contributed by atoms with E-state index in [4.69, 9.17) is 14.2 Å². The molecular weight excluding hydrogens is 316 g/mol. The van der Waals surface area contributed by atoms with Crippen LogP contribution in [0.2, 0.25) is 0 Å². The minimum atomic E-state index is -0.272. The standard InChI is InChI=1S/C21H26O4/c1-6-13-25-21(22)14(2)11-12-16-15(3)19(23-4)17-9-7-8-10-18(17)20(16)24-5/h7-11H,6,12-13H2,1-5H3/b14-11+. The number of methoxy groups -OCH3 is 2. The van der Waals surface area contributed by atoms with E-state index in [2.05, 4.69) is 0 Å². The van der Waals surface area contributed by atoms with Gasteiger partial charge in [-0.3, -0.25) is 0 Å². The highest BCUT2D eigenvalue weighted by atomic mass is 16.5. The molecule has 2 aromatic rings. The first-order chi connectivity index (χ1) is 12.0. The third-order valence-electron chi connectivity index (χ3n) is 4.26. The SMILES string of the molecule is CCCOC(=O)/C(C)=C/Cc1c(C)c(OC)c2ccccc2c1OC. The van der Waals surface area contributed by atoms with Crippen molar-refractivity contribution in [1.82, 2.24) is 0 Å². The summed E-state index contributed by atoms with van der Waals surface area (Å²) >= 11 is 0. The lowest BCUT2D eigenvalue weighted by Gasteiger charge is -2.18. The van der Waals surface area contributed by atoms with E-state index in [1.807, 2.05) is 44.2 Å². The summed E-state index contributed by atoms with van der Waals surface area (Å²) in [6, 6.07) is 8.01. The van der Waals surface area contributed by atoms with Crippen LogP contribution in [0.3, 0.4) is 0 Å². The number of allylic oxidation sites excluding steroid dienone is 1. The van der Waals surface area contributed by atoms with Gasteiger partial charge < -0.3 is 14.2 Å². The Kier molecular flexibility index (Phi) is 6.45. The van der Waals surface area contributed by atoms with Crippen molar-refractivity contribution in [3.8, 4) is 11.5 Å². The summed E-state index contributed by atoms with van der Waals surface area (Å²) in [6.45, 7) is 6.21. The molecule has 2 aromatic carbocycles. The molecule has 0 aliphatic rings. The molecule has 0 fully saturated rings. The van der Waals surface area contributed by atoms with Crippen LogP contribution in [0.1, 0.15) is 31.4 Å². The molecular formula is C21H26O4. The first-order valence-corrected chi connectivity index (χ1v) is 8.51. The molecule has 0 amide bonds. The first kappa shape index (κ1) is 18.8. The first-order valence-electron chi connectivity index (χ1n) is 8.51. The Morgan fingerprint density at radius 1 is 1.08 bits per heavy atom. The summed E-state index contributed by atoms with van der Waals surface area (Å²) < 4.78 is 16.5. The Hall–Kier alpha value is -2.49. The molecule has 0 spiro atoms. The number of esters is 1. The highest BCUT2D eigenvalue weighted by Crippen LogP contribution is 2.40. The van der Waals surface area contributed by atoms with Crippen molar-refractivity contribution >= 4 is 16.7 Å². The lowest BCUT2D eigenvalue weighted by atomic mass is 9.96. The van der Waals surface area contributed by atoms with Crippen LogP contribution in [0.4, 0.5) is 0 Å². The van der Waals surface area contributed by atoms with E-state index in [0.29, 0.717) is 18.6 Å². The largest absolute Gasteiger partial charge is 0.496 e. The second-order valence-corrected chi connectivity index (χ2v) is 5.94. The molecule has 0 saturated carbocycles. The molecule has 25 heavy (non-hydrogen) atoms. The maximum atomic E-state index is 12.0. The quantitative estimate of drug-likeness (QED) is 0.544. The van der Waals surface area contributed by atoms with Crippen LogP contribution in [0.5, 0.6) is 11.5 Å². The Labute approximate surface area is 149 Å². The molecule has 0 radical (unpaired) electrons. The van der Waals surface area contributed by atoms with Crippen molar-refractivity contribution in [2.45, 2.75) is 33.6 Å². The fourth-order valence-electron chi connectivity index (χ4n) is 2.94. The topological polar surface area (TPSA) is 44.8 Å². The van der Waals surface area contributed by atoms with Gasteiger partial charge in [-0.2, -0.15) is 0 Å². The molecule has 134 valence electrons. The van der Waals surface area contributed by atoms with E-state index >= 15 is 0 Å². The number of hydrogen-bond acceptors (Lipinski definition) is 4. The van der Waals surface area contributed by atoms with E-state index in [0.717, 1.165) is 39.8 Å². The molecule has 2 rings (SSSR count). The van der Waals surface area contributed by atoms with Crippen LogP contribution >= 0.6 is 0 Å². The Balaban J connectivity index is 2.47. The molecule has 0 atom stereocenters. The summed E-state index contributed by atoms with van der Waals surface area (Å²) in [5, 5.41) is 2.02. The van der Waals surface area contributed by atoms with Crippen molar-refractivity contribution in [2.24, 2.45) is 0 Å². The summed E-state index contributed by atoms with van der Waals surface area (Å²) in [5.74, 6) is 1.39. The minimum Gasteiger partial charge on any atom is -0.496 e. The van der Waals surface area contributed by atoms with Gasteiger partial charge in [0.05, 0.1) is 20.8 Å². The molecule has 0 bridgehead atoms. The Morgan fingerprint density at radius 3 is 2.24 bits per heavy atom. The number of ether oxygens (including phenoxy) is 3. The highest BCUT2D eigenvalue weighted by Gasteiger charge is 2.17. The maximum absolute atomic E-state index is 12.0. The summed E-state index contributed by atoms with van der Waals surface area (Å²) in [6.07, 6.45) is 3.27. The van der Waals surface area contributed by atoms with Gasteiger partial charge in [0.25, 0.3) is 0 Å². The van der Waals surface area contributed by atoms with Crippen LogP contribution < -0.4 is 9.47 Å². The Morgan fingerprint density at radius 2 is 1.68 bits per heavy atom. The van der Waals surface area contributed by atoms with E-state index in [1.54, 1.807) is 21.1 Å². The zero-order valence-electron chi connectivity index (χ0n) is 15.6. The van der Waals surface area contributed by atoms with Crippen molar-refractivity contribution in [3.05, 3.63) is 47.0 Å². The molecule has 4 heteroatoms. The highest BCUT2D eigenvalue weighted by molar-refractivity contribution is 5.96. The third-order valence-corrected chi connectivity index (χ3v) is 4.26. The van der Waals surface area contributed by atoms with Gasteiger partial charge in [-0.1, -0.05) is 37.3 Å². The molecule has 0 heterocycles. The zero-order chi connectivity index (χ0) is 18.4. The minimum absolute atomic E-state index is 0.272. The lowest BCUT2D eigenvalue weighted by Crippen LogP contribution is -2.07. The molecule has 4 nitrogen and oxygen atoms in total. The van der Waals surface area contributed by atoms with Gasteiger partial charge >= 0.3 is 5.97 Å². The van der Waals surface area contributed by atoms with E-state index in [9.17, 15) is 4.79 Å². The van der Waals surface area contributed by atoms with Gasteiger partial charge in [0.2, 0.25) is 0 Å². The second-order valence-electron chi connectivity index (χ2n) is 5.94. The van der Waals surface area contributed by atoms with Crippen molar-refractivity contribution < 1.29 is 19.0 Å². The van der Waals surface area contributed by atoms with Gasteiger partial charge in [0.15, 0.2) is 0 Å². The van der Waals surface area contributed by atoms with Crippen molar-refractivity contribution in [1.29, 1.82) is 0 Å². The maximum Gasteiger partial charge on any atom is 0.333 e.